The molecular weight excluding hydrogens is 221 g/mol. The fraction of sp³-hybridized carbons (Fsp3) is 0. The zero-order chi connectivity index (χ0) is 12.3. The first-order valence-electron chi connectivity index (χ1n) is 4.99. The molecule has 0 radical (unpaired) electrons. The number of hydrogen-bond acceptors (Lipinski definition) is 2. The van der Waals surface area contributed by atoms with Crippen molar-refractivity contribution in [1.82, 2.24) is 0 Å². The molecule has 0 saturated heterocycles. The van der Waals surface area contributed by atoms with E-state index in [1.165, 1.54) is 24.3 Å². The second kappa shape index (κ2) is 4.65. The Hall–Kier alpha value is -2.36. The van der Waals surface area contributed by atoms with E-state index in [2.05, 4.69) is 0 Å². The average Bonchev–Trinajstić information content (AvgIpc) is 2.32. The number of halogens is 1. The second-order valence-corrected chi connectivity index (χ2v) is 3.42. The Labute approximate surface area is 97.6 Å². The molecule has 0 saturated carbocycles. The van der Waals surface area contributed by atoms with E-state index in [-0.39, 0.29) is 11.4 Å². The van der Waals surface area contributed by atoms with Crippen LogP contribution in [0.1, 0.15) is 10.4 Å². The number of para-hydroxylation sites is 1. The second-order valence-electron chi connectivity index (χ2n) is 3.42. The third-order valence-corrected chi connectivity index (χ3v) is 2.19. The van der Waals surface area contributed by atoms with Crippen LogP contribution in [0.15, 0.2) is 48.5 Å². The van der Waals surface area contributed by atoms with Crippen LogP contribution in [0, 0.1) is 5.82 Å². The Kier molecular flexibility index (Phi) is 3.05. The maximum Gasteiger partial charge on any atom is 0.252 e. The molecule has 3 nitrogen and oxygen atoms in total. The van der Waals surface area contributed by atoms with Crippen LogP contribution in [-0.4, -0.2) is 5.91 Å². The smallest absolute Gasteiger partial charge is 0.252 e. The molecule has 86 valence electrons. The molecule has 0 aliphatic heterocycles. The van der Waals surface area contributed by atoms with Gasteiger partial charge in [-0.15, -0.1) is 0 Å². The predicted molar refractivity (Wildman–Crippen MR) is 61.4 cm³/mol. The van der Waals surface area contributed by atoms with Crippen LogP contribution in [0.3, 0.4) is 0 Å². The van der Waals surface area contributed by atoms with E-state index >= 15 is 0 Å². The summed E-state index contributed by atoms with van der Waals surface area (Å²) >= 11 is 0. The highest BCUT2D eigenvalue weighted by Gasteiger charge is 2.08. The molecule has 2 aromatic rings. The summed E-state index contributed by atoms with van der Waals surface area (Å²) in [7, 11) is 0. The van der Waals surface area contributed by atoms with Crippen molar-refractivity contribution in [3.8, 4) is 11.5 Å². The van der Waals surface area contributed by atoms with Crippen molar-refractivity contribution >= 4 is 5.91 Å². The maximum atomic E-state index is 12.7. The number of hydrogen-bond donors (Lipinski definition) is 1. The molecule has 1 amide bonds. The van der Waals surface area contributed by atoms with Crippen molar-refractivity contribution in [3.63, 3.8) is 0 Å². The van der Waals surface area contributed by atoms with Gasteiger partial charge < -0.3 is 10.5 Å². The van der Waals surface area contributed by atoms with E-state index in [1.807, 2.05) is 0 Å². The zero-order valence-electron chi connectivity index (χ0n) is 8.89. The summed E-state index contributed by atoms with van der Waals surface area (Å²) < 4.78 is 18.2. The molecule has 0 fully saturated rings. The first-order valence-corrected chi connectivity index (χ1v) is 4.99. The van der Waals surface area contributed by atoms with E-state index in [4.69, 9.17) is 10.5 Å². The molecule has 2 rings (SSSR count). The van der Waals surface area contributed by atoms with Crippen LogP contribution in [0.25, 0.3) is 0 Å². The van der Waals surface area contributed by atoms with E-state index in [1.54, 1.807) is 24.3 Å². The van der Waals surface area contributed by atoms with Gasteiger partial charge in [0.05, 0.1) is 5.56 Å². The molecule has 17 heavy (non-hydrogen) atoms. The molecule has 2 aromatic carbocycles. The van der Waals surface area contributed by atoms with Crippen LogP contribution < -0.4 is 10.5 Å². The minimum absolute atomic E-state index is 0.289. The quantitative estimate of drug-likeness (QED) is 0.882. The molecule has 0 unspecified atom stereocenters. The van der Waals surface area contributed by atoms with Gasteiger partial charge in [-0.3, -0.25) is 4.79 Å². The molecule has 0 bridgehead atoms. The van der Waals surface area contributed by atoms with Gasteiger partial charge in [0.2, 0.25) is 0 Å². The Morgan fingerprint density at radius 1 is 1.06 bits per heavy atom. The summed E-state index contributed by atoms with van der Waals surface area (Å²) in [6, 6.07) is 12.1. The van der Waals surface area contributed by atoms with Gasteiger partial charge in [0, 0.05) is 0 Å². The van der Waals surface area contributed by atoms with Gasteiger partial charge in [-0.1, -0.05) is 12.1 Å². The first-order chi connectivity index (χ1) is 8.16. The molecular formula is C13H10FNO2. The van der Waals surface area contributed by atoms with Crippen molar-refractivity contribution in [1.29, 1.82) is 0 Å². The summed E-state index contributed by atoms with van der Waals surface area (Å²) in [5.41, 5.74) is 5.50. The van der Waals surface area contributed by atoms with Crippen molar-refractivity contribution in [2.75, 3.05) is 0 Å². The normalized spacial score (nSPS) is 9.94. The minimum Gasteiger partial charge on any atom is -0.457 e. The lowest BCUT2D eigenvalue weighted by Crippen LogP contribution is -2.11. The lowest BCUT2D eigenvalue weighted by atomic mass is 10.2. The van der Waals surface area contributed by atoms with Crippen LogP contribution in [0.2, 0.25) is 0 Å². The Morgan fingerprint density at radius 3 is 2.35 bits per heavy atom. The van der Waals surface area contributed by atoms with Crippen LogP contribution >= 0.6 is 0 Å². The number of carbonyl (C=O) groups excluding carboxylic acids is 1. The fourth-order valence-electron chi connectivity index (χ4n) is 1.39. The summed E-state index contributed by atoms with van der Waals surface area (Å²) in [5.74, 6) is -0.116. The lowest BCUT2D eigenvalue weighted by molar-refractivity contribution is 0.0998. The topological polar surface area (TPSA) is 52.3 Å². The van der Waals surface area contributed by atoms with Crippen LogP contribution in [0.4, 0.5) is 4.39 Å². The van der Waals surface area contributed by atoms with Crippen LogP contribution in [-0.2, 0) is 0 Å². The summed E-state index contributed by atoms with van der Waals surface area (Å²) in [6.07, 6.45) is 0. The molecule has 0 heterocycles. The van der Waals surface area contributed by atoms with E-state index in [0.29, 0.717) is 11.5 Å². The fourth-order valence-corrected chi connectivity index (χ4v) is 1.39. The van der Waals surface area contributed by atoms with E-state index in [0.717, 1.165) is 0 Å². The van der Waals surface area contributed by atoms with Gasteiger partial charge in [-0.05, 0) is 36.4 Å². The molecule has 0 spiro atoms. The SMILES string of the molecule is NC(=O)c1ccccc1Oc1ccc(F)cc1. The number of ether oxygens (including phenoxy) is 1. The molecule has 2 N–H and O–H groups in total. The number of carbonyl (C=O) groups is 1. The molecule has 0 atom stereocenters. The minimum atomic E-state index is -0.567. The highest BCUT2D eigenvalue weighted by atomic mass is 19.1. The number of rotatable bonds is 3. The number of benzene rings is 2. The van der Waals surface area contributed by atoms with Gasteiger partial charge in [0.25, 0.3) is 5.91 Å². The third-order valence-electron chi connectivity index (χ3n) is 2.19. The molecule has 0 aliphatic rings. The summed E-state index contributed by atoms with van der Waals surface area (Å²) in [6.45, 7) is 0. The number of nitrogens with two attached hydrogens (primary N) is 1. The predicted octanol–water partition coefficient (Wildman–Crippen LogP) is 2.72. The highest BCUT2D eigenvalue weighted by molar-refractivity contribution is 5.95. The Morgan fingerprint density at radius 2 is 1.71 bits per heavy atom. The van der Waals surface area contributed by atoms with Crippen LogP contribution in [0.5, 0.6) is 11.5 Å². The number of amides is 1. The largest absolute Gasteiger partial charge is 0.457 e. The van der Waals surface area contributed by atoms with E-state index in [9.17, 15) is 9.18 Å². The standard InChI is InChI=1S/C13H10FNO2/c14-9-5-7-10(8-6-9)17-12-4-2-1-3-11(12)13(15)16/h1-8H,(H2,15,16). The molecule has 4 heteroatoms. The lowest BCUT2D eigenvalue weighted by Gasteiger charge is -2.08. The van der Waals surface area contributed by atoms with Crippen molar-refractivity contribution < 1.29 is 13.9 Å². The van der Waals surface area contributed by atoms with Gasteiger partial charge in [-0.25, -0.2) is 4.39 Å². The van der Waals surface area contributed by atoms with Crippen molar-refractivity contribution in [2.24, 2.45) is 5.73 Å². The van der Waals surface area contributed by atoms with Crippen molar-refractivity contribution in [3.05, 3.63) is 59.9 Å². The summed E-state index contributed by atoms with van der Waals surface area (Å²) in [4.78, 5) is 11.1. The third kappa shape index (κ3) is 2.60. The molecule has 0 aromatic heterocycles. The Balaban J connectivity index is 2.30. The van der Waals surface area contributed by atoms with Gasteiger partial charge in [0.15, 0.2) is 0 Å². The summed E-state index contributed by atoms with van der Waals surface area (Å²) in [5, 5.41) is 0. The van der Waals surface area contributed by atoms with Gasteiger partial charge in [-0.2, -0.15) is 0 Å². The highest BCUT2D eigenvalue weighted by Crippen LogP contribution is 2.24. The average molecular weight is 231 g/mol. The van der Waals surface area contributed by atoms with Gasteiger partial charge in [0.1, 0.15) is 17.3 Å². The van der Waals surface area contributed by atoms with Crippen molar-refractivity contribution in [2.45, 2.75) is 0 Å². The molecule has 0 aliphatic carbocycles. The van der Waals surface area contributed by atoms with E-state index < -0.39 is 5.91 Å². The monoisotopic (exact) mass is 231 g/mol. The Bertz CT molecular complexity index is 537. The number of primary amides is 1. The van der Waals surface area contributed by atoms with Gasteiger partial charge >= 0.3 is 0 Å². The maximum absolute atomic E-state index is 12.7. The first kappa shape index (κ1) is 11.1. The zero-order valence-corrected chi connectivity index (χ0v) is 8.89.